The molecule has 1 aliphatic heterocycles. The Morgan fingerprint density at radius 3 is 2.92 bits per heavy atom. The Bertz CT molecular complexity index is 216. The first-order valence-electron chi connectivity index (χ1n) is 4.73. The number of carbonyl (C=O) groups excluding carboxylic acids is 2. The molecule has 2 N–H and O–H groups in total. The van der Waals surface area contributed by atoms with Crippen LogP contribution in [0.3, 0.4) is 0 Å². The summed E-state index contributed by atoms with van der Waals surface area (Å²) in [7, 11) is 0. The van der Waals surface area contributed by atoms with Gasteiger partial charge in [-0.2, -0.15) is 0 Å². The molecular formula is C9H16N2O2. The van der Waals surface area contributed by atoms with Crippen LogP contribution in [0, 0.1) is 0 Å². The van der Waals surface area contributed by atoms with Crippen LogP contribution in [0.15, 0.2) is 0 Å². The molecule has 1 rings (SSSR count). The lowest BCUT2D eigenvalue weighted by molar-refractivity contribution is -0.126. The molecule has 0 aromatic carbocycles. The highest BCUT2D eigenvalue weighted by Gasteiger charge is 2.27. The second kappa shape index (κ2) is 4.25. The van der Waals surface area contributed by atoms with Crippen molar-refractivity contribution in [3.05, 3.63) is 0 Å². The number of carbonyl (C=O) groups is 2. The second-order valence-corrected chi connectivity index (χ2v) is 3.48. The summed E-state index contributed by atoms with van der Waals surface area (Å²) in [4.78, 5) is 22.3. The first-order chi connectivity index (χ1) is 6.13. The lowest BCUT2D eigenvalue weighted by atomic mass is 10.2. The summed E-state index contributed by atoms with van der Waals surface area (Å²) in [6.45, 7) is 3.97. The van der Waals surface area contributed by atoms with Gasteiger partial charge in [-0.1, -0.05) is 6.92 Å². The molecule has 1 aliphatic rings. The second-order valence-electron chi connectivity index (χ2n) is 3.48. The van der Waals surface area contributed by atoms with E-state index in [9.17, 15) is 9.59 Å². The molecule has 0 spiro atoms. The Morgan fingerprint density at radius 2 is 2.46 bits per heavy atom. The van der Waals surface area contributed by atoms with Gasteiger partial charge in [0.25, 0.3) is 0 Å². The molecule has 4 nitrogen and oxygen atoms in total. The lowest BCUT2D eigenvalue weighted by Gasteiger charge is -2.15. The quantitative estimate of drug-likeness (QED) is 0.657. The molecule has 1 heterocycles. The van der Waals surface area contributed by atoms with E-state index >= 15 is 0 Å². The molecule has 1 fully saturated rings. The van der Waals surface area contributed by atoms with Crippen molar-refractivity contribution in [1.29, 1.82) is 0 Å². The fraction of sp³-hybridized carbons (Fsp3) is 0.778. The zero-order valence-electron chi connectivity index (χ0n) is 8.09. The predicted molar refractivity (Wildman–Crippen MR) is 49.1 cm³/mol. The average Bonchev–Trinajstić information content (AvgIpc) is 2.51. The Balaban J connectivity index is 2.35. The van der Waals surface area contributed by atoms with Crippen molar-refractivity contribution in [3.63, 3.8) is 0 Å². The van der Waals surface area contributed by atoms with Crippen molar-refractivity contribution in [1.82, 2.24) is 10.6 Å². The van der Waals surface area contributed by atoms with Crippen molar-refractivity contribution >= 4 is 11.8 Å². The molecule has 0 aliphatic carbocycles. The fourth-order valence-electron chi connectivity index (χ4n) is 1.26. The third kappa shape index (κ3) is 2.72. The van der Waals surface area contributed by atoms with E-state index in [0.29, 0.717) is 12.8 Å². The first kappa shape index (κ1) is 10.0. The summed E-state index contributed by atoms with van der Waals surface area (Å²) in [5, 5.41) is 5.47. The molecule has 1 saturated heterocycles. The number of nitrogens with one attached hydrogen (secondary N) is 2. The lowest BCUT2D eigenvalue weighted by Crippen LogP contribution is -2.44. The highest BCUT2D eigenvalue weighted by atomic mass is 16.2. The molecule has 0 radical (unpaired) electrons. The Kier molecular flexibility index (Phi) is 3.28. The van der Waals surface area contributed by atoms with Crippen LogP contribution in [0.4, 0.5) is 0 Å². The maximum atomic E-state index is 11.4. The summed E-state index contributed by atoms with van der Waals surface area (Å²) in [6.07, 6.45) is 2.01. The van der Waals surface area contributed by atoms with Gasteiger partial charge in [-0.15, -0.1) is 0 Å². The molecule has 0 saturated carbocycles. The standard InChI is InChI=1S/C9H16N2O2/c1-3-6(2)10-9(13)7-4-5-8(12)11-7/h6-7H,3-5H2,1-2H3,(H,10,13)(H,11,12)/t6-,7-/m1/s1. The minimum atomic E-state index is -0.304. The number of rotatable bonds is 3. The molecule has 4 heteroatoms. The number of amides is 2. The van der Waals surface area contributed by atoms with Crippen molar-refractivity contribution in [2.75, 3.05) is 0 Å². The van der Waals surface area contributed by atoms with Crippen LogP contribution in [-0.2, 0) is 9.59 Å². The van der Waals surface area contributed by atoms with Crippen molar-refractivity contribution in [3.8, 4) is 0 Å². The van der Waals surface area contributed by atoms with Crippen molar-refractivity contribution in [2.24, 2.45) is 0 Å². The highest BCUT2D eigenvalue weighted by molar-refractivity contribution is 5.90. The van der Waals surface area contributed by atoms with Crippen LogP contribution in [-0.4, -0.2) is 23.9 Å². The smallest absolute Gasteiger partial charge is 0.242 e. The van der Waals surface area contributed by atoms with Crippen LogP contribution < -0.4 is 10.6 Å². The summed E-state index contributed by atoms with van der Waals surface area (Å²) in [5.41, 5.74) is 0. The van der Waals surface area contributed by atoms with E-state index in [2.05, 4.69) is 10.6 Å². The fourth-order valence-corrected chi connectivity index (χ4v) is 1.26. The van der Waals surface area contributed by atoms with E-state index in [1.54, 1.807) is 0 Å². The normalized spacial score (nSPS) is 23.8. The van der Waals surface area contributed by atoms with Crippen LogP contribution in [0.1, 0.15) is 33.1 Å². The third-order valence-electron chi connectivity index (χ3n) is 2.31. The minimum Gasteiger partial charge on any atom is -0.352 e. The molecular weight excluding hydrogens is 168 g/mol. The first-order valence-corrected chi connectivity index (χ1v) is 4.73. The summed E-state index contributed by atoms with van der Waals surface area (Å²) < 4.78 is 0. The van der Waals surface area contributed by atoms with Gasteiger partial charge < -0.3 is 10.6 Å². The monoisotopic (exact) mass is 184 g/mol. The summed E-state index contributed by atoms with van der Waals surface area (Å²) in [5.74, 6) is -0.0792. The van der Waals surface area contributed by atoms with Gasteiger partial charge in [-0.05, 0) is 19.8 Å². The summed E-state index contributed by atoms with van der Waals surface area (Å²) >= 11 is 0. The van der Waals surface area contributed by atoms with Crippen LogP contribution in [0.25, 0.3) is 0 Å². The number of hydrogen-bond donors (Lipinski definition) is 2. The number of hydrogen-bond acceptors (Lipinski definition) is 2. The SMILES string of the molecule is CC[C@@H](C)NC(=O)[C@H]1CCC(=O)N1. The minimum absolute atomic E-state index is 0.0238. The Morgan fingerprint density at radius 1 is 1.77 bits per heavy atom. The van der Waals surface area contributed by atoms with E-state index in [1.807, 2.05) is 13.8 Å². The van der Waals surface area contributed by atoms with Crippen LogP contribution >= 0.6 is 0 Å². The molecule has 0 aromatic heterocycles. The molecule has 0 unspecified atom stereocenters. The van der Waals surface area contributed by atoms with E-state index in [-0.39, 0.29) is 23.9 Å². The zero-order chi connectivity index (χ0) is 9.84. The van der Waals surface area contributed by atoms with Gasteiger partial charge in [0.15, 0.2) is 0 Å². The van der Waals surface area contributed by atoms with Gasteiger partial charge in [0.1, 0.15) is 6.04 Å². The zero-order valence-corrected chi connectivity index (χ0v) is 8.09. The highest BCUT2D eigenvalue weighted by Crippen LogP contribution is 2.06. The van der Waals surface area contributed by atoms with E-state index in [0.717, 1.165) is 6.42 Å². The molecule has 13 heavy (non-hydrogen) atoms. The molecule has 0 aromatic rings. The van der Waals surface area contributed by atoms with Gasteiger partial charge in [-0.3, -0.25) is 9.59 Å². The van der Waals surface area contributed by atoms with Crippen molar-refractivity contribution in [2.45, 2.75) is 45.2 Å². The molecule has 2 atom stereocenters. The van der Waals surface area contributed by atoms with E-state index in [4.69, 9.17) is 0 Å². The van der Waals surface area contributed by atoms with Crippen LogP contribution in [0.5, 0.6) is 0 Å². The topological polar surface area (TPSA) is 58.2 Å². The predicted octanol–water partition coefficient (Wildman–Crippen LogP) is 0.180. The summed E-state index contributed by atoms with van der Waals surface area (Å²) in [6, 6.07) is -0.119. The molecule has 2 amide bonds. The van der Waals surface area contributed by atoms with Gasteiger partial charge >= 0.3 is 0 Å². The van der Waals surface area contributed by atoms with Crippen LogP contribution in [0.2, 0.25) is 0 Å². The molecule has 0 bridgehead atoms. The Hall–Kier alpha value is -1.06. The van der Waals surface area contributed by atoms with E-state index < -0.39 is 0 Å². The van der Waals surface area contributed by atoms with E-state index in [1.165, 1.54) is 0 Å². The van der Waals surface area contributed by atoms with Crippen molar-refractivity contribution < 1.29 is 9.59 Å². The maximum Gasteiger partial charge on any atom is 0.242 e. The van der Waals surface area contributed by atoms with Gasteiger partial charge in [0, 0.05) is 12.5 Å². The van der Waals surface area contributed by atoms with Gasteiger partial charge in [0.05, 0.1) is 0 Å². The maximum absolute atomic E-state index is 11.4. The van der Waals surface area contributed by atoms with Gasteiger partial charge in [0.2, 0.25) is 11.8 Å². The Labute approximate surface area is 78.1 Å². The molecule has 74 valence electrons. The largest absolute Gasteiger partial charge is 0.352 e. The van der Waals surface area contributed by atoms with Gasteiger partial charge in [-0.25, -0.2) is 0 Å². The average molecular weight is 184 g/mol. The third-order valence-corrected chi connectivity index (χ3v) is 2.31.